The van der Waals surface area contributed by atoms with Gasteiger partial charge in [0.1, 0.15) is 5.82 Å². The Bertz CT molecular complexity index is 447. The van der Waals surface area contributed by atoms with E-state index in [1.165, 1.54) is 6.07 Å². The zero-order valence-corrected chi connectivity index (χ0v) is 14.9. The van der Waals surface area contributed by atoms with Gasteiger partial charge in [0, 0.05) is 24.6 Å². The first-order valence-corrected chi connectivity index (χ1v) is 8.54. The number of nitrogens with two attached hydrogens (primary N) is 1. The summed E-state index contributed by atoms with van der Waals surface area (Å²) >= 11 is 1.61. The van der Waals surface area contributed by atoms with E-state index in [9.17, 15) is 9.18 Å². The van der Waals surface area contributed by atoms with Gasteiger partial charge >= 0.3 is 0 Å². The summed E-state index contributed by atoms with van der Waals surface area (Å²) in [4.78, 5) is 12.2. The van der Waals surface area contributed by atoms with Gasteiger partial charge in [-0.3, -0.25) is 4.79 Å². The monoisotopic (exact) mass is 348 g/mol. The third-order valence-electron chi connectivity index (χ3n) is 3.97. The molecular weight excluding hydrogens is 323 g/mol. The maximum atomic E-state index is 13.4. The third-order valence-corrected chi connectivity index (χ3v) is 4.98. The smallest absolute Gasteiger partial charge is 0.227 e. The number of amides is 1. The van der Waals surface area contributed by atoms with E-state index in [1.807, 2.05) is 19.9 Å². The molecule has 0 unspecified atom stereocenters. The van der Waals surface area contributed by atoms with Crippen molar-refractivity contribution in [3.63, 3.8) is 0 Å². The summed E-state index contributed by atoms with van der Waals surface area (Å²) < 4.78 is 13.4. The minimum Gasteiger partial charge on any atom is -0.355 e. The number of carbonyl (C=O) groups excluding carboxylic acids is 1. The Labute approximate surface area is 143 Å². The average Bonchev–Trinajstić information content (AvgIpc) is 2.51. The van der Waals surface area contributed by atoms with Gasteiger partial charge in [0.05, 0.1) is 5.41 Å². The third kappa shape index (κ3) is 5.78. The van der Waals surface area contributed by atoms with Crippen molar-refractivity contribution in [2.75, 3.05) is 18.8 Å². The quantitative estimate of drug-likeness (QED) is 0.673. The van der Waals surface area contributed by atoms with Crippen LogP contribution in [0.4, 0.5) is 4.39 Å². The molecule has 0 radical (unpaired) electrons. The Morgan fingerprint density at radius 2 is 1.95 bits per heavy atom. The fourth-order valence-electron chi connectivity index (χ4n) is 2.17. The maximum Gasteiger partial charge on any atom is 0.227 e. The largest absolute Gasteiger partial charge is 0.355 e. The minimum absolute atomic E-state index is 0. The summed E-state index contributed by atoms with van der Waals surface area (Å²) in [6, 6.07) is 6.77. The molecule has 0 aliphatic carbocycles. The summed E-state index contributed by atoms with van der Waals surface area (Å²) in [7, 11) is 0. The van der Waals surface area contributed by atoms with E-state index in [0.717, 1.165) is 18.6 Å². The molecule has 0 saturated heterocycles. The van der Waals surface area contributed by atoms with Crippen LogP contribution in [0.1, 0.15) is 32.3 Å². The molecule has 1 aromatic carbocycles. The van der Waals surface area contributed by atoms with Crippen LogP contribution in [0, 0.1) is 11.2 Å². The molecule has 0 aliphatic heterocycles. The van der Waals surface area contributed by atoms with Gasteiger partial charge in [-0.05, 0) is 24.5 Å². The second-order valence-corrected chi connectivity index (χ2v) is 6.20. The van der Waals surface area contributed by atoms with Crippen LogP contribution in [0.3, 0.4) is 0 Å². The highest BCUT2D eigenvalue weighted by Crippen LogP contribution is 2.24. The molecular formula is C16H26ClFN2OS. The van der Waals surface area contributed by atoms with Crippen molar-refractivity contribution in [2.24, 2.45) is 11.1 Å². The van der Waals surface area contributed by atoms with E-state index in [2.05, 4.69) is 5.32 Å². The first-order chi connectivity index (χ1) is 10.1. The van der Waals surface area contributed by atoms with Crippen LogP contribution in [0.25, 0.3) is 0 Å². The highest BCUT2D eigenvalue weighted by atomic mass is 35.5. The Hall–Kier alpha value is -0.780. The lowest BCUT2D eigenvalue weighted by atomic mass is 9.81. The first kappa shape index (κ1) is 21.2. The maximum absolute atomic E-state index is 13.4. The molecule has 1 aromatic rings. The number of halogens is 2. The second-order valence-electron chi connectivity index (χ2n) is 5.09. The normalized spacial score (nSPS) is 10.9. The van der Waals surface area contributed by atoms with Crippen LogP contribution in [-0.4, -0.2) is 24.7 Å². The Morgan fingerprint density at radius 1 is 1.32 bits per heavy atom. The molecule has 22 heavy (non-hydrogen) atoms. The molecule has 0 fully saturated rings. The SMILES string of the molecule is CCC(CC)(CN)C(=O)NCCSCc1ccccc1F.Cl. The standard InChI is InChI=1S/C16H25FN2OS.ClH/c1-3-16(4-2,12-18)15(20)19-9-10-21-11-13-7-5-6-8-14(13)17;/h5-8H,3-4,9-12,18H2,1-2H3,(H,19,20);1H. The molecule has 6 heteroatoms. The summed E-state index contributed by atoms with van der Waals surface area (Å²) in [6.45, 7) is 4.93. The van der Waals surface area contributed by atoms with Crippen molar-refractivity contribution in [2.45, 2.75) is 32.4 Å². The van der Waals surface area contributed by atoms with Gasteiger partial charge in [0.2, 0.25) is 5.91 Å². The average molecular weight is 349 g/mol. The Morgan fingerprint density at radius 3 is 2.50 bits per heavy atom. The lowest BCUT2D eigenvalue weighted by Gasteiger charge is -2.28. The van der Waals surface area contributed by atoms with E-state index in [-0.39, 0.29) is 24.1 Å². The lowest BCUT2D eigenvalue weighted by Crippen LogP contribution is -2.45. The van der Waals surface area contributed by atoms with Crippen molar-refractivity contribution < 1.29 is 9.18 Å². The Kier molecular flexibility index (Phi) is 10.5. The molecule has 3 nitrogen and oxygen atoms in total. The van der Waals surface area contributed by atoms with E-state index in [0.29, 0.717) is 24.4 Å². The van der Waals surface area contributed by atoms with Gasteiger partial charge in [-0.25, -0.2) is 4.39 Å². The van der Waals surface area contributed by atoms with Crippen LogP contribution in [0.2, 0.25) is 0 Å². The molecule has 1 rings (SSSR count). The molecule has 126 valence electrons. The highest BCUT2D eigenvalue weighted by Gasteiger charge is 2.32. The molecule has 0 heterocycles. The fourth-order valence-corrected chi connectivity index (χ4v) is 3.02. The molecule has 0 bridgehead atoms. The summed E-state index contributed by atoms with van der Waals surface area (Å²) in [5.74, 6) is 1.23. The van der Waals surface area contributed by atoms with E-state index in [1.54, 1.807) is 23.9 Å². The lowest BCUT2D eigenvalue weighted by molar-refractivity contribution is -0.130. The number of rotatable bonds is 9. The molecule has 0 atom stereocenters. The van der Waals surface area contributed by atoms with Crippen molar-refractivity contribution in [3.05, 3.63) is 35.6 Å². The zero-order chi connectivity index (χ0) is 15.7. The molecule has 0 spiro atoms. The first-order valence-electron chi connectivity index (χ1n) is 7.39. The van der Waals surface area contributed by atoms with Crippen molar-refractivity contribution in [1.82, 2.24) is 5.32 Å². The van der Waals surface area contributed by atoms with Crippen LogP contribution in [0.5, 0.6) is 0 Å². The number of hydrogen-bond donors (Lipinski definition) is 2. The predicted octanol–water partition coefficient (Wildman–Crippen LogP) is 3.36. The number of hydrogen-bond acceptors (Lipinski definition) is 3. The van der Waals surface area contributed by atoms with E-state index >= 15 is 0 Å². The van der Waals surface area contributed by atoms with Crippen LogP contribution in [0.15, 0.2) is 24.3 Å². The van der Waals surface area contributed by atoms with Gasteiger partial charge in [0.15, 0.2) is 0 Å². The number of benzene rings is 1. The van der Waals surface area contributed by atoms with Crippen LogP contribution in [-0.2, 0) is 10.5 Å². The van der Waals surface area contributed by atoms with Gasteiger partial charge in [-0.1, -0.05) is 32.0 Å². The summed E-state index contributed by atoms with van der Waals surface area (Å²) in [5, 5.41) is 2.94. The van der Waals surface area contributed by atoms with E-state index < -0.39 is 5.41 Å². The highest BCUT2D eigenvalue weighted by molar-refractivity contribution is 7.98. The Balaban J connectivity index is 0.00000441. The molecule has 3 N–H and O–H groups in total. The fraction of sp³-hybridized carbons (Fsp3) is 0.562. The molecule has 0 aromatic heterocycles. The van der Waals surface area contributed by atoms with Gasteiger partial charge in [0.25, 0.3) is 0 Å². The van der Waals surface area contributed by atoms with Gasteiger partial charge in [-0.2, -0.15) is 11.8 Å². The van der Waals surface area contributed by atoms with Gasteiger partial charge < -0.3 is 11.1 Å². The second kappa shape index (κ2) is 10.9. The van der Waals surface area contributed by atoms with Crippen molar-refractivity contribution in [3.8, 4) is 0 Å². The molecule has 0 aliphatic rings. The van der Waals surface area contributed by atoms with E-state index in [4.69, 9.17) is 5.73 Å². The van der Waals surface area contributed by atoms with Crippen LogP contribution < -0.4 is 11.1 Å². The number of nitrogens with one attached hydrogen (secondary N) is 1. The topological polar surface area (TPSA) is 55.1 Å². The number of carbonyl (C=O) groups is 1. The molecule has 1 amide bonds. The van der Waals surface area contributed by atoms with Crippen LogP contribution >= 0.6 is 24.2 Å². The zero-order valence-electron chi connectivity index (χ0n) is 13.2. The van der Waals surface area contributed by atoms with Gasteiger partial charge in [-0.15, -0.1) is 12.4 Å². The minimum atomic E-state index is -0.448. The molecule has 0 saturated carbocycles. The summed E-state index contributed by atoms with van der Waals surface area (Å²) in [6.07, 6.45) is 1.49. The number of thioether (sulfide) groups is 1. The van der Waals surface area contributed by atoms with Crippen molar-refractivity contribution in [1.29, 1.82) is 0 Å². The van der Waals surface area contributed by atoms with Crippen molar-refractivity contribution >= 4 is 30.1 Å². The predicted molar refractivity (Wildman–Crippen MR) is 94.9 cm³/mol. The summed E-state index contributed by atoms with van der Waals surface area (Å²) in [5.41, 5.74) is 6.00.